The molecule has 0 aliphatic rings. The van der Waals surface area contributed by atoms with E-state index in [0.717, 1.165) is 6.42 Å². The number of nitrogens with one attached hydrogen (secondary N) is 2. The molecule has 0 unspecified atom stereocenters. The second-order valence-corrected chi connectivity index (χ2v) is 4.77. The van der Waals surface area contributed by atoms with Gasteiger partial charge in [-0.3, -0.25) is 9.89 Å². The van der Waals surface area contributed by atoms with E-state index in [2.05, 4.69) is 36.3 Å². The Balaban J connectivity index is 2.37. The van der Waals surface area contributed by atoms with E-state index < -0.39 is 0 Å². The van der Waals surface area contributed by atoms with Gasteiger partial charge in [-0.2, -0.15) is 5.10 Å². The summed E-state index contributed by atoms with van der Waals surface area (Å²) in [4.78, 5) is 11.5. The maximum absolute atomic E-state index is 11.5. The highest BCUT2D eigenvalue weighted by atomic mass is 16.1. The third-order valence-electron chi connectivity index (χ3n) is 2.00. The molecule has 0 spiro atoms. The van der Waals surface area contributed by atoms with E-state index >= 15 is 0 Å². The molecule has 5 heteroatoms. The Morgan fingerprint density at radius 2 is 2.27 bits per heavy atom. The quantitative estimate of drug-likeness (QED) is 0.700. The Kier molecular flexibility index (Phi) is 3.34. The maximum atomic E-state index is 11.5. The molecule has 1 rings (SSSR count). The second kappa shape index (κ2) is 4.33. The molecule has 0 aliphatic heterocycles. The van der Waals surface area contributed by atoms with Crippen LogP contribution < -0.4 is 11.1 Å². The Morgan fingerprint density at radius 1 is 1.60 bits per heavy atom. The summed E-state index contributed by atoms with van der Waals surface area (Å²) in [7, 11) is 0. The number of nitrogen functional groups attached to an aromatic ring is 1. The fourth-order valence-corrected chi connectivity index (χ4v) is 1.10. The smallest absolute Gasteiger partial charge is 0.269 e. The van der Waals surface area contributed by atoms with Crippen LogP contribution in [0, 0.1) is 5.41 Å². The van der Waals surface area contributed by atoms with Crippen molar-refractivity contribution in [2.24, 2.45) is 5.41 Å². The summed E-state index contributed by atoms with van der Waals surface area (Å²) >= 11 is 0. The maximum Gasteiger partial charge on any atom is 0.269 e. The summed E-state index contributed by atoms with van der Waals surface area (Å²) in [6.45, 7) is 7.05. The van der Waals surface area contributed by atoms with Gasteiger partial charge in [0, 0.05) is 12.6 Å². The summed E-state index contributed by atoms with van der Waals surface area (Å²) in [5.41, 5.74) is 6.02. The van der Waals surface area contributed by atoms with Gasteiger partial charge >= 0.3 is 0 Å². The molecular weight excluding hydrogens is 192 g/mol. The fraction of sp³-hybridized carbons (Fsp3) is 0.600. The van der Waals surface area contributed by atoms with Crippen LogP contribution in [0.4, 0.5) is 5.82 Å². The lowest BCUT2D eigenvalue weighted by Gasteiger charge is -2.17. The zero-order valence-electron chi connectivity index (χ0n) is 9.42. The minimum Gasteiger partial charge on any atom is -0.382 e. The van der Waals surface area contributed by atoms with E-state index in [0.29, 0.717) is 18.1 Å². The van der Waals surface area contributed by atoms with Crippen LogP contribution in [0.1, 0.15) is 37.7 Å². The van der Waals surface area contributed by atoms with Gasteiger partial charge in [0.2, 0.25) is 0 Å². The van der Waals surface area contributed by atoms with Crippen LogP contribution in [0.2, 0.25) is 0 Å². The first kappa shape index (κ1) is 11.6. The number of H-pyrrole nitrogens is 1. The number of aromatic amines is 1. The van der Waals surface area contributed by atoms with Crippen molar-refractivity contribution in [2.75, 3.05) is 12.3 Å². The molecule has 0 saturated heterocycles. The third-order valence-corrected chi connectivity index (χ3v) is 2.00. The molecule has 1 aromatic rings. The van der Waals surface area contributed by atoms with Crippen molar-refractivity contribution < 1.29 is 4.79 Å². The highest BCUT2D eigenvalue weighted by Crippen LogP contribution is 2.16. The molecule has 0 bridgehead atoms. The first-order valence-electron chi connectivity index (χ1n) is 4.97. The number of hydrogen-bond donors (Lipinski definition) is 3. The monoisotopic (exact) mass is 210 g/mol. The number of nitrogens with zero attached hydrogens (tertiary/aromatic N) is 1. The molecule has 1 heterocycles. The van der Waals surface area contributed by atoms with Crippen molar-refractivity contribution in [1.82, 2.24) is 15.5 Å². The van der Waals surface area contributed by atoms with Gasteiger partial charge in [-0.25, -0.2) is 0 Å². The molecule has 15 heavy (non-hydrogen) atoms. The first-order chi connectivity index (χ1) is 6.88. The molecule has 0 fully saturated rings. The molecule has 4 N–H and O–H groups in total. The van der Waals surface area contributed by atoms with E-state index in [4.69, 9.17) is 5.73 Å². The van der Waals surface area contributed by atoms with Gasteiger partial charge in [0.15, 0.2) is 0 Å². The van der Waals surface area contributed by atoms with Crippen LogP contribution in [0.3, 0.4) is 0 Å². The molecule has 0 aliphatic carbocycles. The van der Waals surface area contributed by atoms with Crippen LogP contribution in [-0.2, 0) is 0 Å². The Hall–Kier alpha value is -1.52. The van der Waals surface area contributed by atoms with Crippen molar-refractivity contribution in [3.05, 3.63) is 11.8 Å². The molecule has 0 saturated carbocycles. The van der Waals surface area contributed by atoms with Crippen LogP contribution in [-0.4, -0.2) is 22.6 Å². The minimum absolute atomic E-state index is 0.163. The second-order valence-electron chi connectivity index (χ2n) is 4.77. The summed E-state index contributed by atoms with van der Waals surface area (Å²) in [5, 5.41) is 9.06. The molecule has 0 atom stereocenters. The lowest BCUT2D eigenvalue weighted by Crippen LogP contribution is -2.27. The van der Waals surface area contributed by atoms with Crippen molar-refractivity contribution >= 4 is 11.7 Å². The van der Waals surface area contributed by atoms with E-state index in [1.807, 2.05) is 0 Å². The number of carbonyl (C=O) groups excluding carboxylic acids is 1. The SMILES string of the molecule is CC(C)(C)CCNC(=O)c1cc(N)n[nH]1. The number of anilines is 1. The van der Waals surface area contributed by atoms with Crippen LogP contribution in [0.5, 0.6) is 0 Å². The normalized spacial score (nSPS) is 11.4. The summed E-state index contributed by atoms with van der Waals surface area (Å²) in [5.74, 6) is 0.166. The van der Waals surface area contributed by atoms with Crippen molar-refractivity contribution in [2.45, 2.75) is 27.2 Å². The Labute approximate surface area is 89.4 Å². The fourth-order valence-electron chi connectivity index (χ4n) is 1.10. The predicted molar refractivity (Wildman–Crippen MR) is 59.4 cm³/mol. The van der Waals surface area contributed by atoms with Gasteiger partial charge in [-0.15, -0.1) is 0 Å². The molecular formula is C10H18N4O. The largest absolute Gasteiger partial charge is 0.382 e. The summed E-state index contributed by atoms with van der Waals surface area (Å²) in [6.07, 6.45) is 0.933. The molecule has 1 aromatic heterocycles. The number of rotatable bonds is 3. The van der Waals surface area contributed by atoms with E-state index in [1.165, 1.54) is 6.07 Å². The van der Waals surface area contributed by atoms with E-state index in [9.17, 15) is 4.79 Å². The highest BCUT2D eigenvalue weighted by molar-refractivity contribution is 5.92. The topological polar surface area (TPSA) is 83.8 Å². The van der Waals surface area contributed by atoms with Gasteiger partial charge in [0.1, 0.15) is 11.5 Å². The van der Waals surface area contributed by atoms with E-state index in [1.54, 1.807) is 0 Å². The van der Waals surface area contributed by atoms with Crippen LogP contribution >= 0.6 is 0 Å². The van der Waals surface area contributed by atoms with E-state index in [-0.39, 0.29) is 11.3 Å². The lowest BCUT2D eigenvalue weighted by atomic mass is 9.92. The van der Waals surface area contributed by atoms with Crippen molar-refractivity contribution in [3.8, 4) is 0 Å². The highest BCUT2D eigenvalue weighted by Gasteiger charge is 2.12. The van der Waals surface area contributed by atoms with Gasteiger partial charge in [0.05, 0.1) is 0 Å². The number of carbonyl (C=O) groups is 1. The number of aromatic nitrogens is 2. The average Bonchev–Trinajstić information content (AvgIpc) is 2.49. The van der Waals surface area contributed by atoms with Gasteiger partial charge < -0.3 is 11.1 Å². The Morgan fingerprint density at radius 3 is 2.73 bits per heavy atom. The number of hydrogen-bond acceptors (Lipinski definition) is 3. The summed E-state index contributed by atoms with van der Waals surface area (Å²) in [6, 6.07) is 1.52. The van der Waals surface area contributed by atoms with Gasteiger partial charge in [-0.05, 0) is 11.8 Å². The first-order valence-corrected chi connectivity index (χ1v) is 4.97. The molecule has 0 radical (unpaired) electrons. The van der Waals surface area contributed by atoms with Gasteiger partial charge in [-0.1, -0.05) is 20.8 Å². The third kappa shape index (κ3) is 4.01. The zero-order valence-corrected chi connectivity index (χ0v) is 9.42. The Bertz CT molecular complexity index is 337. The lowest BCUT2D eigenvalue weighted by molar-refractivity contribution is 0.0944. The van der Waals surface area contributed by atoms with Crippen LogP contribution in [0.25, 0.3) is 0 Å². The minimum atomic E-state index is -0.163. The average molecular weight is 210 g/mol. The summed E-state index contributed by atoms with van der Waals surface area (Å²) < 4.78 is 0. The molecule has 5 nitrogen and oxygen atoms in total. The molecule has 0 aromatic carbocycles. The standard InChI is InChI=1S/C10H18N4O/c1-10(2,3)4-5-12-9(15)7-6-8(11)14-13-7/h6H,4-5H2,1-3H3,(H,12,15)(H3,11,13,14). The van der Waals surface area contributed by atoms with Crippen molar-refractivity contribution in [3.63, 3.8) is 0 Å². The van der Waals surface area contributed by atoms with Gasteiger partial charge in [0.25, 0.3) is 5.91 Å². The number of nitrogens with two attached hydrogens (primary N) is 1. The zero-order chi connectivity index (χ0) is 11.5. The molecule has 84 valence electrons. The van der Waals surface area contributed by atoms with Crippen molar-refractivity contribution in [1.29, 1.82) is 0 Å². The molecule has 1 amide bonds. The predicted octanol–water partition coefficient (Wildman–Crippen LogP) is 1.16. The number of amides is 1. The van der Waals surface area contributed by atoms with Crippen LogP contribution in [0.15, 0.2) is 6.07 Å².